The van der Waals surface area contributed by atoms with Gasteiger partial charge in [-0.25, -0.2) is 17.2 Å². The van der Waals surface area contributed by atoms with Gasteiger partial charge in [-0.1, -0.05) is 67.1 Å². The maximum Gasteiger partial charge on any atom is 0.228 e. The highest BCUT2D eigenvalue weighted by atomic mass is 35.5. The molecule has 0 radical (unpaired) electrons. The standard InChI is InChI=1S/C28H22ClF2NO4S/c1-2-37(34,35)22-13-11-18(12-14-22)15-25(33)32-27-24(30)17-23(19-7-4-3-5-8-19)28(26(27)31)36-21-10-6-9-20(29)16-21/h3-14,16-17H,2,15H2,1H3,(H,32,33). The molecule has 4 rings (SSSR count). The summed E-state index contributed by atoms with van der Waals surface area (Å²) < 4.78 is 60.6. The molecule has 5 nitrogen and oxygen atoms in total. The van der Waals surface area contributed by atoms with Crippen molar-refractivity contribution in [1.82, 2.24) is 0 Å². The molecule has 0 aromatic heterocycles. The SMILES string of the molecule is CCS(=O)(=O)c1ccc(CC(=O)Nc2c(F)cc(-c3ccccc3)c(Oc3cccc(Cl)c3)c2F)cc1. The molecule has 0 heterocycles. The number of hydrogen-bond acceptors (Lipinski definition) is 4. The second-order valence-electron chi connectivity index (χ2n) is 8.12. The quantitative estimate of drug-likeness (QED) is 0.259. The van der Waals surface area contributed by atoms with Crippen molar-refractivity contribution < 1.29 is 26.7 Å². The Morgan fingerprint density at radius 2 is 1.65 bits per heavy atom. The van der Waals surface area contributed by atoms with Crippen molar-refractivity contribution in [3.05, 3.63) is 107 Å². The van der Waals surface area contributed by atoms with E-state index in [1.165, 1.54) is 37.3 Å². The molecule has 4 aromatic carbocycles. The van der Waals surface area contributed by atoms with E-state index in [1.54, 1.807) is 48.5 Å². The molecule has 0 bridgehead atoms. The molecule has 0 aliphatic heterocycles. The van der Waals surface area contributed by atoms with E-state index in [4.69, 9.17) is 16.3 Å². The van der Waals surface area contributed by atoms with E-state index in [-0.39, 0.29) is 34.1 Å². The summed E-state index contributed by atoms with van der Waals surface area (Å²) >= 11 is 6.03. The molecule has 0 unspecified atom stereocenters. The summed E-state index contributed by atoms with van der Waals surface area (Å²) in [5.41, 5.74) is 0.482. The number of rotatable bonds is 8. The van der Waals surface area contributed by atoms with Crippen LogP contribution in [0.25, 0.3) is 11.1 Å². The maximum atomic E-state index is 15.7. The smallest absolute Gasteiger partial charge is 0.228 e. The third-order valence-corrected chi connectivity index (χ3v) is 7.55. The third-order valence-electron chi connectivity index (χ3n) is 5.57. The van der Waals surface area contributed by atoms with Gasteiger partial charge in [0.2, 0.25) is 5.91 Å². The van der Waals surface area contributed by atoms with Crippen LogP contribution in [0.1, 0.15) is 12.5 Å². The first kappa shape index (κ1) is 26.3. The number of carbonyl (C=O) groups excluding carboxylic acids is 1. The number of benzene rings is 4. The Morgan fingerprint density at radius 3 is 2.30 bits per heavy atom. The molecule has 37 heavy (non-hydrogen) atoms. The van der Waals surface area contributed by atoms with E-state index in [1.807, 2.05) is 0 Å². The summed E-state index contributed by atoms with van der Waals surface area (Å²) in [5, 5.41) is 2.65. The van der Waals surface area contributed by atoms with E-state index in [2.05, 4.69) is 5.32 Å². The lowest BCUT2D eigenvalue weighted by Crippen LogP contribution is -2.17. The Balaban J connectivity index is 1.65. The van der Waals surface area contributed by atoms with Crippen LogP contribution in [0.15, 0.2) is 89.8 Å². The van der Waals surface area contributed by atoms with Crippen LogP contribution in [-0.4, -0.2) is 20.1 Å². The minimum Gasteiger partial charge on any atom is -0.453 e. The van der Waals surface area contributed by atoms with Crippen molar-refractivity contribution in [2.45, 2.75) is 18.2 Å². The van der Waals surface area contributed by atoms with Gasteiger partial charge >= 0.3 is 0 Å². The van der Waals surface area contributed by atoms with Crippen molar-refractivity contribution in [2.24, 2.45) is 0 Å². The summed E-state index contributed by atoms with van der Waals surface area (Å²) in [7, 11) is -3.39. The fraction of sp³-hybridized carbons (Fsp3) is 0.107. The lowest BCUT2D eigenvalue weighted by molar-refractivity contribution is -0.115. The fourth-order valence-corrected chi connectivity index (χ4v) is 4.71. The topological polar surface area (TPSA) is 72.5 Å². The van der Waals surface area contributed by atoms with Gasteiger partial charge in [-0.05, 0) is 47.5 Å². The van der Waals surface area contributed by atoms with Crippen LogP contribution in [0, 0.1) is 11.6 Å². The zero-order valence-electron chi connectivity index (χ0n) is 19.7. The number of anilines is 1. The van der Waals surface area contributed by atoms with Gasteiger partial charge in [0.05, 0.1) is 17.1 Å². The first-order chi connectivity index (χ1) is 17.7. The van der Waals surface area contributed by atoms with E-state index >= 15 is 8.78 Å². The van der Waals surface area contributed by atoms with E-state index in [0.29, 0.717) is 16.1 Å². The number of ether oxygens (including phenoxy) is 1. The molecular formula is C28H22ClF2NO4S. The largest absolute Gasteiger partial charge is 0.453 e. The van der Waals surface area contributed by atoms with Crippen molar-refractivity contribution in [3.63, 3.8) is 0 Å². The van der Waals surface area contributed by atoms with Crippen molar-refractivity contribution in [1.29, 1.82) is 0 Å². The molecule has 0 saturated heterocycles. The Labute approximate surface area is 218 Å². The van der Waals surface area contributed by atoms with E-state index < -0.39 is 33.1 Å². The highest BCUT2D eigenvalue weighted by molar-refractivity contribution is 7.91. The molecule has 190 valence electrons. The number of nitrogens with one attached hydrogen (secondary N) is 1. The molecule has 9 heteroatoms. The number of hydrogen-bond donors (Lipinski definition) is 1. The monoisotopic (exact) mass is 541 g/mol. The van der Waals surface area contributed by atoms with Gasteiger partial charge in [-0.15, -0.1) is 0 Å². The molecule has 0 atom stereocenters. The molecule has 1 amide bonds. The van der Waals surface area contributed by atoms with Gasteiger partial charge in [0.1, 0.15) is 11.4 Å². The molecule has 0 aliphatic rings. The first-order valence-corrected chi connectivity index (χ1v) is 13.3. The lowest BCUT2D eigenvalue weighted by atomic mass is 10.0. The molecule has 0 saturated carbocycles. The van der Waals surface area contributed by atoms with Crippen molar-refractivity contribution in [3.8, 4) is 22.6 Å². The average molecular weight is 542 g/mol. The van der Waals surface area contributed by atoms with Gasteiger partial charge in [0, 0.05) is 10.6 Å². The van der Waals surface area contributed by atoms with Crippen molar-refractivity contribution >= 4 is 33.0 Å². The maximum absolute atomic E-state index is 15.7. The van der Waals surface area contributed by atoms with Gasteiger partial charge in [-0.2, -0.15) is 0 Å². The fourth-order valence-electron chi connectivity index (χ4n) is 3.65. The van der Waals surface area contributed by atoms with E-state index in [9.17, 15) is 13.2 Å². The van der Waals surface area contributed by atoms with Gasteiger partial charge in [0.15, 0.2) is 27.2 Å². The molecule has 0 spiro atoms. The summed E-state index contributed by atoms with van der Waals surface area (Å²) in [4.78, 5) is 12.8. The highest BCUT2D eigenvalue weighted by Gasteiger charge is 2.23. The molecule has 0 aliphatic carbocycles. The zero-order chi connectivity index (χ0) is 26.6. The van der Waals surface area contributed by atoms with Crippen LogP contribution in [0.5, 0.6) is 11.5 Å². The Morgan fingerprint density at radius 1 is 0.946 bits per heavy atom. The highest BCUT2D eigenvalue weighted by Crippen LogP contribution is 2.41. The minimum absolute atomic E-state index is 0.0516. The summed E-state index contributed by atoms with van der Waals surface area (Å²) in [5.74, 6) is -2.85. The van der Waals surface area contributed by atoms with Crippen LogP contribution in [-0.2, 0) is 21.1 Å². The Kier molecular flexibility index (Phi) is 7.90. The van der Waals surface area contributed by atoms with Crippen molar-refractivity contribution in [2.75, 3.05) is 11.1 Å². The lowest BCUT2D eigenvalue weighted by Gasteiger charge is -2.17. The Hall–Kier alpha value is -3.75. The third kappa shape index (κ3) is 6.15. The number of sulfone groups is 1. The van der Waals surface area contributed by atoms with Crippen LogP contribution >= 0.6 is 11.6 Å². The van der Waals surface area contributed by atoms with Crippen LogP contribution in [0.4, 0.5) is 14.5 Å². The molecule has 4 aromatic rings. The van der Waals surface area contributed by atoms with Gasteiger partial charge in [-0.3, -0.25) is 4.79 Å². The predicted octanol–water partition coefficient (Wildman–Crippen LogP) is 7.05. The average Bonchev–Trinajstić information content (AvgIpc) is 2.89. The van der Waals surface area contributed by atoms with E-state index in [0.717, 1.165) is 6.07 Å². The minimum atomic E-state index is -3.39. The van der Waals surface area contributed by atoms with Gasteiger partial charge in [0.25, 0.3) is 0 Å². The second-order valence-corrected chi connectivity index (χ2v) is 10.8. The van der Waals surface area contributed by atoms with Crippen LogP contribution < -0.4 is 10.1 Å². The molecule has 1 N–H and O–H groups in total. The number of carbonyl (C=O) groups is 1. The molecular weight excluding hydrogens is 520 g/mol. The van der Waals surface area contributed by atoms with Crippen LogP contribution in [0.3, 0.4) is 0 Å². The molecule has 0 fully saturated rings. The van der Waals surface area contributed by atoms with Gasteiger partial charge < -0.3 is 10.1 Å². The summed E-state index contributed by atoms with van der Waals surface area (Å²) in [6.07, 6.45) is -0.226. The Bertz CT molecular complexity index is 1540. The normalized spacial score (nSPS) is 11.2. The number of halogens is 3. The predicted molar refractivity (Wildman–Crippen MR) is 140 cm³/mol. The second kappa shape index (κ2) is 11.1. The summed E-state index contributed by atoms with van der Waals surface area (Å²) in [6, 6.07) is 21.8. The van der Waals surface area contributed by atoms with Crippen LogP contribution in [0.2, 0.25) is 5.02 Å². The zero-order valence-corrected chi connectivity index (χ0v) is 21.2. The number of amides is 1. The summed E-state index contributed by atoms with van der Waals surface area (Å²) in [6.45, 7) is 1.53. The first-order valence-electron chi connectivity index (χ1n) is 11.3.